The van der Waals surface area contributed by atoms with Gasteiger partial charge in [-0.2, -0.15) is 0 Å². The maximum atomic E-state index is 5.28. The van der Waals surface area contributed by atoms with Crippen LogP contribution in [-0.4, -0.2) is 18.3 Å². The van der Waals surface area contributed by atoms with Crippen LogP contribution in [0.3, 0.4) is 0 Å². The highest BCUT2D eigenvalue weighted by molar-refractivity contribution is 7.99. The lowest BCUT2D eigenvalue weighted by atomic mass is 10.1. The molecule has 0 aliphatic rings. The molecule has 0 aromatic carbocycles. The van der Waals surface area contributed by atoms with Gasteiger partial charge in [0.25, 0.3) is 0 Å². The highest BCUT2D eigenvalue weighted by Crippen LogP contribution is 2.24. The molecule has 0 saturated heterocycles. The van der Waals surface area contributed by atoms with Crippen LogP contribution in [0.1, 0.15) is 45.3 Å². The largest absolute Gasteiger partial charge is 0.468 e. The smallest absolute Gasteiger partial charge is 0.114 e. The fourth-order valence-electron chi connectivity index (χ4n) is 1.83. The average molecular weight is 255 g/mol. The van der Waals surface area contributed by atoms with Gasteiger partial charge < -0.3 is 9.73 Å². The minimum Gasteiger partial charge on any atom is -0.468 e. The lowest BCUT2D eigenvalue weighted by Crippen LogP contribution is -2.29. The molecule has 17 heavy (non-hydrogen) atoms. The van der Waals surface area contributed by atoms with E-state index in [0.717, 1.165) is 12.3 Å². The van der Waals surface area contributed by atoms with Crippen LogP contribution in [0.4, 0.5) is 0 Å². The van der Waals surface area contributed by atoms with Gasteiger partial charge in [-0.1, -0.05) is 13.8 Å². The van der Waals surface area contributed by atoms with Crippen LogP contribution in [-0.2, 0) is 0 Å². The van der Waals surface area contributed by atoms with Crippen molar-refractivity contribution in [3.05, 3.63) is 18.1 Å². The summed E-state index contributed by atoms with van der Waals surface area (Å²) in [6.45, 7) is 7.66. The third-order valence-electron chi connectivity index (χ3n) is 2.94. The van der Waals surface area contributed by atoms with Gasteiger partial charge in [0, 0.05) is 10.9 Å². The minimum absolute atomic E-state index is 0.695. The van der Waals surface area contributed by atoms with Crippen molar-refractivity contribution in [3.8, 4) is 0 Å². The first-order chi connectivity index (χ1) is 8.27. The third kappa shape index (κ3) is 5.64. The van der Waals surface area contributed by atoms with Gasteiger partial charge in [0.2, 0.25) is 0 Å². The van der Waals surface area contributed by atoms with Crippen molar-refractivity contribution in [1.29, 1.82) is 0 Å². The first-order valence-electron chi connectivity index (χ1n) is 6.68. The number of hydrogen-bond donors (Lipinski definition) is 1. The van der Waals surface area contributed by atoms with Gasteiger partial charge in [-0.25, -0.2) is 0 Å². The molecule has 3 heteroatoms. The van der Waals surface area contributed by atoms with E-state index in [0.29, 0.717) is 6.04 Å². The van der Waals surface area contributed by atoms with Gasteiger partial charge in [0.1, 0.15) is 5.76 Å². The second-order valence-electron chi connectivity index (χ2n) is 4.39. The molecule has 1 aromatic heterocycles. The summed E-state index contributed by atoms with van der Waals surface area (Å²) in [6.07, 6.45) is 6.77. The quantitative estimate of drug-likeness (QED) is 0.528. The first-order valence-corrected chi connectivity index (χ1v) is 7.66. The molecule has 0 amide bonds. The summed E-state index contributed by atoms with van der Waals surface area (Å²) < 4.78 is 5.28. The molecule has 1 atom stereocenters. The predicted octanol–water partition coefficient (Wildman–Crippen LogP) is 4.24. The normalized spacial score (nSPS) is 12.9. The van der Waals surface area contributed by atoms with Crippen molar-refractivity contribution in [3.63, 3.8) is 0 Å². The highest BCUT2D eigenvalue weighted by Gasteiger charge is 2.05. The Morgan fingerprint density at radius 1 is 1.41 bits per heavy atom. The molecule has 1 unspecified atom stereocenters. The molecule has 0 fully saturated rings. The van der Waals surface area contributed by atoms with Gasteiger partial charge in [0.15, 0.2) is 0 Å². The second-order valence-corrected chi connectivity index (χ2v) is 5.53. The first kappa shape index (κ1) is 14.7. The van der Waals surface area contributed by atoms with Crippen molar-refractivity contribution in [2.75, 3.05) is 12.3 Å². The SMILES string of the molecule is CCCNC(CC)CCCSc1ccoc1C. The zero-order valence-corrected chi connectivity index (χ0v) is 12.1. The van der Waals surface area contributed by atoms with Crippen LogP contribution >= 0.6 is 11.8 Å². The average Bonchev–Trinajstić information content (AvgIpc) is 2.74. The molecule has 1 rings (SSSR count). The Morgan fingerprint density at radius 3 is 2.82 bits per heavy atom. The van der Waals surface area contributed by atoms with E-state index in [2.05, 4.69) is 25.2 Å². The fraction of sp³-hybridized carbons (Fsp3) is 0.714. The molecule has 0 saturated carbocycles. The Kier molecular flexibility index (Phi) is 7.45. The van der Waals surface area contributed by atoms with Crippen LogP contribution in [0.15, 0.2) is 21.6 Å². The van der Waals surface area contributed by atoms with E-state index in [1.165, 1.54) is 36.3 Å². The third-order valence-corrected chi connectivity index (χ3v) is 4.17. The summed E-state index contributed by atoms with van der Waals surface area (Å²) in [6, 6.07) is 2.76. The molecule has 1 heterocycles. The molecule has 0 spiro atoms. The fourth-order valence-corrected chi connectivity index (χ4v) is 2.77. The summed E-state index contributed by atoms with van der Waals surface area (Å²) >= 11 is 1.91. The van der Waals surface area contributed by atoms with Gasteiger partial charge in [-0.15, -0.1) is 11.8 Å². The van der Waals surface area contributed by atoms with E-state index in [1.54, 1.807) is 6.26 Å². The standard InChI is InChI=1S/C14H25NOS/c1-4-9-15-13(5-2)7-6-11-17-14-8-10-16-12(14)3/h8,10,13,15H,4-7,9,11H2,1-3H3. The monoisotopic (exact) mass is 255 g/mol. The highest BCUT2D eigenvalue weighted by atomic mass is 32.2. The van der Waals surface area contributed by atoms with Gasteiger partial charge in [0.05, 0.1) is 6.26 Å². The maximum Gasteiger partial charge on any atom is 0.114 e. The summed E-state index contributed by atoms with van der Waals surface area (Å²) in [7, 11) is 0. The Morgan fingerprint density at radius 2 is 2.24 bits per heavy atom. The molecule has 0 aliphatic heterocycles. The van der Waals surface area contributed by atoms with Crippen LogP contribution in [0.25, 0.3) is 0 Å². The summed E-state index contributed by atoms with van der Waals surface area (Å²) in [5, 5.41) is 3.60. The van der Waals surface area contributed by atoms with Crippen molar-refractivity contribution >= 4 is 11.8 Å². The summed E-state index contributed by atoms with van der Waals surface area (Å²) in [5.74, 6) is 2.23. The molecule has 0 bridgehead atoms. The minimum atomic E-state index is 0.695. The van der Waals surface area contributed by atoms with Gasteiger partial charge in [-0.3, -0.25) is 0 Å². The molecular formula is C14H25NOS. The zero-order chi connectivity index (χ0) is 12.5. The molecule has 1 aromatic rings. The van der Waals surface area contributed by atoms with E-state index in [4.69, 9.17) is 4.42 Å². The van der Waals surface area contributed by atoms with Gasteiger partial charge >= 0.3 is 0 Å². The Hall–Kier alpha value is -0.410. The molecule has 2 nitrogen and oxygen atoms in total. The topological polar surface area (TPSA) is 25.2 Å². The summed E-state index contributed by atoms with van der Waals surface area (Å²) in [4.78, 5) is 1.29. The van der Waals surface area contributed by atoms with E-state index >= 15 is 0 Å². The molecule has 1 N–H and O–H groups in total. The number of rotatable bonds is 9. The van der Waals surface area contributed by atoms with E-state index in [1.807, 2.05) is 18.7 Å². The lowest BCUT2D eigenvalue weighted by Gasteiger charge is -2.15. The molecule has 0 radical (unpaired) electrons. The van der Waals surface area contributed by atoms with E-state index < -0.39 is 0 Å². The number of thioether (sulfide) groups is 1. The van der Waals surface area contributed by atoms with Crippen molar-refractivity contribution in [2.45, 2.75) is 57.4 Å². The second kappa shape index (κ2) is 8.65. The van der Waals surface area contributed by atoms with Gasteiger partial charge in [-0.05, 0) is 51.0 Å². The van der Waals surface area contributed by atoms with Crippen LogP contribution in [0.2, 0.25) is 0 Å². The van der Waals surface area contributed by atoms with Crippen LogP contribution < -0.4 is 5.32 Å². The number of furan rings is 1. The summed E-state index contributed by atoms with van der Waals surface area (Å²) in [5.41, 5.74) is 0. The molecular weight excluding hydrogens is 230 g/mol. The van der Waals surface area contributed by atoms with Crippen molar-refractivity contribution in [1.82, 2.24) is 5.32 Å². The zero-order valence-electron chi connectivity index (χ0n) is 11.3. The Balaban J connectivity index is 2.12. The van der Waals surface area contributed by atoms with Crippen LogP contribution in [0.5, 0.6) is 0 Å². The van der Waals surface area contributed by atoms with E-state index in [9.17, 15) is 0 Å². The Labute approximate surface area is 110 Å². The number of nitrogens with one attached hydrogen (secondary N) is 1. The predicted molar refractivity (Wildman–Crippen MR) is 75.8 cm³/mol. The van der Waals surface area contributed by atoms with Crippen molar-refractivity contribution < 1.29 is 4.42 Å². The molecule has 0 aliphatic carbocycles. The Bertz CT molecular complexity index is 298. The number of aryl methyl sites for hydroxylation is 1. The number of hydrogen-bond acceptors (Lipinski definition) is 3. The van der Waals surface area contributed by atoms with Crippen LogP contribution in [0, 0.1) is 6.92 Å². The lowest BCUT2D eigenvalue weighted by molar-refractivity contribution is 0.465. The van der Waals surface area contributed by atoms with Crippen molar-refractivity contribution in [2.24, 2.45) is 0 Å². The molecule has 98 valence electrons. The van der Waals surface area contributed by atoms with E-state index in [-0.39, 0.29) is 0 Å². The maximum absolute atomic E-state index is 5.28.